The Morgan fingerprint density at radius 1 is 1.62 bits per heavy atom. The summed E-state index contributed by atoms with van der Waals surface area (Å²) in [5, 5.41) is 6.55. The van der Waals surface area contributed by atoms with Crippen molar-refractivity contribution in [1.29, 1.82) is 0 Å². The molecule has 0 amide bonds. The fraction of sp³-hybridized carbons (Fsp3) is 0.636. The van der Waals surface area contributed by atoms with Crippen molar-refractivity contribution >= 4 is 5.82 Å². The predicted molar refractivity (Wildman–Crippen MR) is 63.7 cm³/mol. The van der Waals surface area contributed by atoms with E-state index in [1.54, 1.807) is 0 Å². The molecule has 1 aliphatic rings. The van der Waals surface area contributed by atoms with Gasteiger partial charge in [-0.05, 0) is 25.4 Å². The van der Waals surface area contributed by atoms with Gasteiger partial charge in [0.1, 0.15) is 11.6 Å². The van der Waals surface area contributed by atoms with Crippen LogP contribution in [0.2, 0.25) is 0 Å². The number of anilines is 1. The number of hydrogen-bond donors (Lipinski definition) is 3. The Hall–Kier alpha value is -1.36. The third kappa shape index (κ3) is 2.82. The monoisotopic (exact) mass is 222 g/mol. The molecule has 2 heterocycles. The van der Waals surface area contributed by atoms with Gasteiger partial charge in [0.25, 0.3) is 5.56 Å². The highest BCUT2D eigenvalue weighted by Crippen LogP contribution is 2.08. The van der Waals surface area contributed by atoms with Crippen LogP contribution in [0.15, 0.2) is 10.9 Å². The number of rotatable bonds is 4. The van der Waals surface area contributed by atoms with Crippen LogP contribution in [0.5, 0.6) is 0 Å². The van der Waals surface area contributed by atoms with Crippen LogP contribution in [0, 0.1) is 5.92 Å². The summed E-state index contributed by atoms with van der Waals surface area (Å²) in [5.74, 6) is 2.07. The molecule has 0 saturated carbocycles. The molecule has 0 spiro atoms. The van der Waals surface area contributed by atoms with Gasteiger partial charge in [-0.1, -0.05) is 6.92 Å². The van der Waals surface area contributed by atoms with E-state index in [-0.39, 0.29) is 5.56 Å². The average molecular weight is 222 g/mol. The van der Waals surface area contributed by atoms with Crippen LogP contribution in [-0.4, -0.2) is 29.6 Å². The first kappa shape index (κ1) is 11.1. The summed E-state index contributed by atoms with van der Waals surface area (Å²) in [5.41, 5.74) is -0.0844. The van der Waals surface area contributed by atoms with Gasteiger partial charge in [0.15, 0.2) is 0 Å². The van der Waals surface area contributed by atoms with E-state index in [4.69, 9.17) is 0 Å². The Kier molecular flexibility index (Phi) is 3.56. The first-order valence-electron chi connectivity index (χ1n) is 5.82. The minimum atomic E-state index is -0.0844. The molecule has 1 atom stereocenters. The van der Waals surface area contributed by atoms with Gasteiger partial charge in [-0.25, -0.2) is 4.98 Å². The zero-order valence-corrected chi connectivity index (χ0v) is 9.55. The molecule has 1 aromatic heterocycles. The number of nitrogens with one attached hydrogen (secondary N) is 3. The number of hydrogen-bond acceptors (Lipinski definition) is 4. The maximum absolute atomic E-state index is 11.3. The van der Waals surface area contributed by atoms with Gasteiger partial charge in [-0.2, -0.15) is 0 Å². The highest BCUT2D eigenvalue weighted by Gasteiger charge is 2.14. The molecule has 1 unspecified atom stereocenters. The van der Waals surface area contributed by atoms with Gasteiger partial charge in [0, 0.05) is 19.0 Å². The zero-order chi connectivity index (χ0) is 11.4. The third-order valence-electron chi connectivity index (χ3n) is 2.86. The van der Waals surface area contributed by atoms with Crippen molar-refractivity contribution in [3.63, 3.8) is 0 Å². The summed E-state index contributed by atoms with van der Waals surface area (Å²) in [6, 6.07) is 1.52. The number of H-pyrrole nitrogens is 1. The van der Waals surface area contributed by atoms with Gasteiger partial charge in [0.05, 0.1) is 0 Å². The topological polar surface area (TPSA) is 69.8 Å². The Labute approximate surface area is 94.7 Å². The van der Waals surface area contributed by atoms with E-state index in [1.165, 1.54) is 12.5 Å². The van der Waals surface area contributed by atoms with Crippen LogP contribution < -0.4 is 16.2 Å². The predicted octanol–water partition coefficient (Wildman–Crippen LogP) is 0.354. The lowest BCUT2D eigenvalue weighted by Crippen LogP contribution is -2.20. The van der Waals surface area contributed by atoms with E-state index in [9.17, 15) is 4.79 Å². The molecule has 0 aliphatic carbocycles. The highest BCUT2D eigenvalue weighted by molar-refractivity contribution is 5.33. The summed E-state index contributed by atoms with van der Waals surface area (Å²) in [6.07, 6.45) is 1.94. The van der Waals surface area contributed by atoms with Gasteiger partial charge in [0.2, 0.25) is 0 Å². The summed E-state index contributed by atoms with van der Waals surface area (Å²) < 4.78 is 0. The Morgan fingerprint density at radius 3 is 3.19 bits per heavy atom. The van der Waals surface area contributed by atoms with Crippen LogP contribution in [0.3, 0.4) is 0 Å². The van der Waals surface area contributed by atoms with Crippen LogP contribution in [0.1, 0.15) is 19.2 Å². The second kappa shape index (κ2) is 5.12. The van der Waals surface area contributed by atoms with Crippen LogP contribution in [0.25, 0.3) is 0 Å². The van der Waals surface area contributed by atoms with Crippen molar-refractivity contribution < 1.29 is 0 Å². The molecule has 1 aromatic rings. The van der Waals surface area contributed by atoms with Crippen LogP contribution in [-0.2, 0) is 6.42 Å². The maximum Gasteiger partial charge on any atom is 0.252 e. The molecule has 3 N–H and O–H groups in total. The quantitative estimate of drug-likeness (QED) is 0.687. The highest BCUT2D eigenvalue weighted by atomic mass is 16.1. The van der Waals surface area contributed by atoms with Crippen molar-refractivity contribution in [1.82, 2.24) is 15.3 Å². The zero-order valence-electron chi connectivity index (χ0n) is 9.55. The Morgan fingerprint density at radius 2 is 2.50 bits per heavy atom. The molecule has 0 aromatic carbocycles. The standard InChI is InChI=1S/C11H18N4O/c1-2-9-14-10(5-11(16)15-9)13-7-8-3-4-12-6-8/h5,8,12H,2-4,6-7H2,1H3,(H2,13,14,15,16). The lowest BCUT2D eigenvalue weighted by molar-refractivity contribution is 0.614. The molecular weight excluding hydrogens is 204 g/mol. The Balaban J connectivity index is 1.97. The molecule has 5 heteroatoms. The molecule has 1 aliphatic heterocycles. The van der Waals surface area contributed by atoms with E-state index < -0.39 is 0 Å². The molecule has 1 saturated heterocycles. The average Bonchev–Trinajstić information content (AvgIpc) is 2.78. The van der Waals surface area contributed by atoms with Gasteiger partial charge in [-0.15, -0.1) is 0 Å². The number of aryl methyl sites for hydroxylation is 1. The van der Waals surface area contributed by atoms with Crippen molar-refractivity contribution in [2.24, 2.45) is 5.92 Å². The fourth-order valence-corrected chi connectivity index (χ4v) is 1.90. The van der Waals surface area contributed by atoms with Crippen molar-refractivity contribution in [2.45, 2.75) is 19.8 Å². The molecule has 2 rings (SSSR count). The molecule has 1 fully saturated rings. The molecule has 16 heavy (non-hydrogen) atoms. The van der Waals surface area contributed by atoms with E-state index in [1.807, 2.05) is 6.92 Å². The summed E-state index contributed by atoms with van der Waals surface area (Å²) in [4.78, 5) is 18.4. The SMILES string of the molecule is CCc1nc(NCC2CCNC2)cc(=O)[nH]1. The molecule has 5 nitrogen and oxygen atoms in total. The largest absolute Gasteiger partial charge is 0.370 e. The normalized spacial score (nSPS) is 19.9. The fourth-order valence-electron chi connectivity index (χ4n) is 1.90. The molecule has 0 bridgehead atoms. The number of nitrogens with zero attached hydrogens (tertiary/aromatic N) is 1. The minimum Gasteiger partial charge on any atom is -0.370 e. The van der Waals surface area contributed by atoms with Gasteiger partial charge in [-0.3, -0.25) is 4.79 Å². The third-order valence-corrected chi connectivity index (χ3v) is 2.86. The maximum atomic E-state index is 11.3. The van der Waals surface area contributed by atoms with E-state index >= 15 is 0 Å². The lowest BCUT2D eigenvalue weighted by atomic mass is 10.1. The molecule has 0 radical (unpaired) electrons. The van der Waals surface area contributed by atoms with Crippen molar-refractivity contribution in [3.05, 3.63) is 22.2 Å². The minimum absolute atomic E-state index is 0.0844. The van der Waals surface area contributed by atoms with Crippen molar-refractivity contribution in [3.8, 4) is 0 Å². The Bertz CT molecular complexity index is 395. The second-order valence-corrected chi connectivity index (χ2v) is 4.17. The number of aromatic nitrogens is 2. The summed E-state index contributed by atoms with van der Waals surface area (Å²) >= 11 is 0. The smallest absolute Gasteiger partial charge is 0.252 e. The second-order valence-electron chi connectivity index (χ2n) is 4.17. The van der Waals surface area contributed by atoms with Crippen LogP contribution in [0.4, 0.5) is 5.82 Å². The van der Waals surface area contributed by atoms with E-state index in [0.717, 1.165) is 31.9 Å². The van der Waals surface area contributed by atoms with Gasteiger partial charge >= 0.3 is 0 Å². The molecule has 88 valence electrons. The number of aromatic amines is 1. The van der Waals surface area contributed by atoms with Crippen LogP contribution >= 0.6 is 0 Å². The van der Waals surface area contributed by atoms with E-state index in [2.05, 4.69) is 20.6 Å². The van der Waals surface area contributed by atoms with E-state index in [0.29, 0.717) is 11.7 Å². The lowest BCUT2D eigenvalue weighted by Gasteiger charge is -2.10. The first-order chi connectivity index (χ1) is 7.78. The first-order valence-corrected chi connectivity index (χ1v) is 5.82. The molecular formula is C11H18N4O. The van der Waals surface area contributed by atoms with Crippen molar-refractivity contribution in [2.75, 3.05) is 25.0 Å². The van der Waals surface area contributed by atoms with Gasteiger partial charge < -0.3 is 15.6 Å². The summed E-state index contributed by atoms with van der Waals surface area (Å²) in [7, 11) is 0. The summed E-state index contributed by atoms with van der Waals surface area (Å²) in [6.45, 7) is 5.00.